The summed E-state index contributed by atoms with van der Waals surface area (Å²) in [6.07, 6.45) is 1.03. The Hall–Kier alpha value is -0.520. The van der Waals surface area contributed by atoms with Gasteiger partial charge >= 0.3 is 0 Å². The molecule has 84 valence electrons. The Kier molecular flexibility index (Phi) is 12.0. The molecule has 0 amide bonds. The van der Waals surface area contributed by atoms with Crippen molar-refractivity contribution in [2.45, 2.75) is 13.3 Å². The molecule has 5 heteroatoms. The lowest BCUT2D eigenvalue weighted by Gasteiger charge is -2.04. The fourth-order valence-corrected chi connectivity index (χ4v) is 0.788. The summed E-state index contributed by atoms with van der Waals surface area (Å²) in [4.78, 5) is 9.66. The Labute approximate surface area is 84.7 Å². The first kappa shape index (κ1) is 13.5. The zero-order valence-corrected chi connectivity index (χ0v) is 8.74. The van der Waals surface area contributed by atoms with Crippen LogP contribution in [0.1, 0.15) is 13.3 Å². The smallest absolute Gasteiger partial charge is 0.104 e. The lowest BCUT2D eigenvalue weighted by Crippen LogP contribution is -2.10. The topological polar surface area (TPSA) is 57.1 Å². The van der Waals surface area contributed by atoms with Gasteiger partial charge in [0, 0.05) is 6.61 Å². The minimum Gasteiger partial charge on any atom is -0.379 e. The standard InChI is InChI=1S/C9H19NO4/c1-2-4-12-6-8-14-9-7-13-5-3-10-11/h2-9H2,1H3. The molecule has 0 radical (unpaired) electrons. The molecule has 0 spiro atoms. The molecule has 0 aliphatic heterocycles. The summed E-state index contributed by atoms with van der Waals surface area (Å²) < 4.78 is 15.4. The highest BCUT2D eigenvalue weighted by molar-refractivity contribution is 4.38. The van der Waals surface area contributed by atoms with E-state index >= 15 is 0 Å². The maximum atomic E-state index is 9.66. The monoisotopic (exact) mass is 205 g/mol. The molecule has 0 saturated carbocycles. The predicted octanol–water partition coefficient (Wildman–Crippen LogP) is 1.21. The quantitative estimate of drug-likeness (QED) is 0.376. The molecule has 0 fully saturated rings. The lowest BCUT2D eigenvalue weighted by atomic mass is 10.5. The van der Waals surface area contributed by atoms with E-state index in [0.29, 0.717) is 33.0 Å². The number of rotatable bonds is 11. The fourth-order valence-electron chi connectivity index (χ4n) is 0.788. The van der Waals surface area contributed by atoms with E-state index in [2.05, 4.69) is 12.1 Å². The van der Waals surface area contributed by atoms with Gasteiger partial charge in [0.05, 0.1) is 33.0 Å². The zero-order chi connectivity index (χ0) is 10.5. The van der Waals surface area contributed by atoms with Crippen molar-refractivity contribution in [2.75, 3.05) is 46.2 Å². The van der Waals surface area contributed by atoms with Crippen molar-refractivity contribution in [1.82, 2.24) is 0 Å². The summed E-state index contributed by atoms with van der Waals surface area (Å²) in [7, 11) is 0. The van der Waals surface area contributed by atoms with Gasteiger partial charge in [-0.3, -0.25) is 0 Å². The van der Waals surface area contributed by atoms with Crippen molar-refractivity contribution >= 4 is 0 Å². The van der Waals surface area contributed by atoms with Crippen LogP contribution in [0.3, 0.4) is 0 Å². The summed E-state index contributed by atoms with van der Waals surface area (Å²) in [6, 6.07) is 0. The Bertz CT molecular complexity index is 121. The molecule has 0 aliphatic carbocycles. The second-order valence-electron chi connectivity index (χ2n) is 2.69. The van der Waals surface area contributed by atoms with Gasteiger partial charge in [-0.05, 0) is 6.42 Å². The average molecular weight is 205 g/mol. The van der Waals surface area contributed by atoms with Crippen LogP contribution in [-0.4, -0.2) is 46.2 Å². The van der Waals surface area contributed by atoms with E-state index in [1.807, 2.05) is 0 Å². The first-order chi connectivity index (χ1) is 6.91. The summed E-state index contributed by atoms with van der Waals surface area (Å²) in [6.45, 7) is 5.69. The van der Waals surface area contributed by atoms with Crippen LogP contribution < -0.4 is 0 Å². The van der Waals surface area contributed by atoms with Crippen LogP contribution in [0, 0.1) is 4.91 Å². The first-order valence-electron chi connectivity index (χ1n) is 4.94. The molecule has 14 heavy (non-hydrogen) atoms. The number of hydrogen-bond acceptors (Lipinski definition) is 5. The fraction of sp³-hybridized carbons (Fsp3) is 1.00. The third kappa shape index (κ3) is 11.5. The van der Waals surface area contributed by atoms with Gasteiger partial charge in [-0.1, -0.05) is 12.1 Å². The van der Waals surface area contributed by atoms with Crippen LogP contribution in [0.4, 0.5) is 0 Å². The predicted molar refractivity (Wildman–Crippen MR) is 53.4 cm³/mol. The van der Waals surface area contributed by atoms with Gasteiger partial charge < -0.3 is 14.2 Å². The van der Waals surface area contributed by atoms with Crippen LogP contribution >= 0.6 is 0 Å². The normalized spacial score (nSPS) is 10.4. The van der Waals surface area contributed by atoms with Crippen molar-refractivity contribution in [1.29, 1.82) is 0 Å². The van der Waals surface area contributed by atoms with Crippen molar-refractivity contribution in [2.24, 2.45) is 5.18 Å². The highest BCUT2D eigenvalue weighted by atomic mass is 16.5. The molecular formula is C9H19NO4. The lowest BCUT2D eigenvalue weighted by molar-refractivity contribution is 0.0161. The molecular weight excluding hydrogens is 186 g/mol. The van der Waals surface area contributed by atoms with Crippen LogP contribution in [0.15, 0.2) is 5.18 Å². The summed E-state index contributed by atoms with van der Waals surface area (Å²) in [5.74, 6) is 0. The highest BCUT2D eigenvalue weighted by Crippen LogP contribution is 1.83. The summed E-state index contributed by atoms with van der Waals surface area (Å²) >= 11 is 0. The molecule has 0 N–H and O–H groups in total. The molecule has 0 rings (SSSR count). The number of nitroso groups, excluding NO2 is 1. The van der Waals surface area contributed by atoms with Gasteiger partial charge in [-0.25, -0.2) is 0 Å². The SMILES string of the molecule is CCCOCCOCCOCCN=O. The van der Waals surface area contributed by atoms with Crippen LogP contribution in [-0.2, 0) is 14.2 Å². The molecule has 0 aromatic heterocycles. The molecule has 0 bridgehead atoms. The van der Waals surface area contributed by atoms with Crippen molar-refractivity contribution < 1.29 is 14.2 Å². The molecule has 0 unspecified atom stereocenters. The zero-order valence-electron chi connectivity index (χ0n) is 8.74. The Balaban J connectivity index is 2.81. The van der Waals surface area contributed by atoms with E-state index in [1.54, 1.807) is 0 Å². The molecule has 0 atom stereocenters. The number of ether oxygens (including phenoxy) is 3. The average Bonchev–Trinajstić information content (AvgIpc) is 2.21. The van der Waals surface area contributed by atoms with E-state index in [0.717, 1.165) is 13.0 Å². The van der Waals surface area contributed by atoms with Gasteiger partial charge in [-0.15, -0.1) is 0 Å². The van der Waals surface area contributed by atoms with Crippen molar-refractivity contribution in [3.63, 3.8) is 0 Å². The van der Waals surface area contributed by atoms with Gasteiger partial charge in [0.2, 0.25) is 0 Å². The maximum Gasteiger partial charge on any atom is 0.104 e. The van der Waals surface area contributed by atoms with E-state index in [1.165, 1.54) is 0 Å². The Morgan fingerprint density at radius 3 is 1.86 bits per heavy atom. The van der Waals surface area contributed by atoms with E-state index < -0.39 is 0 Å². The first-order valence-corrected chi connectivity index (χ1v) is 4.94. The van der Waals surface area contributed by atoms with Crippen molar-refractivity contribution in [3.8, 4) is 0 Å². The Morgan fingerprint density at radius 2 is 1.36 bits per heavy atom. The van der Waals surface area contributed by atoms with Crippen molar-refractivity contribution in [3.05, 3.63) is 4.91 Å². The van der Waals surface area contributed by atoms with Crippen LogP contribution in [0.25, 0.3) is 0 Å². The van der Waals surface area contributed by atoms with Crippen LogP contribution in [0.2, 0.25) is 0 Å². The Morgan fingerprint density at radius 1 is 0.857 bits per heavy atom. The van der Waals surface area contributed by atoms with Gasteiger partial charge in [0.15, 0.2) is 0 Å². The number of hydrogen-bond donors (Lipinski definition) is 0. The third-order valence-electron chi connectivity index (χ3n) is 1.42. The molecule has 0 heterocycles. The molecule has 0 aromatic carbocycles. The molecule has 0 aliphatic rings. The summed E-state index contributed by atoms with van der Waals surface area (Å²) in [5.41, 5.74) is 0. The number of nitrogens with zero attached hydrogens (tertiary/aromatic N) is 1. The largest absolute Gasteiger partial charge is 0.379 e. The van der Waals surface area contributed by atoms with E-state index in [-0.39, 0.29) is 6.54 Å². The van der Waals surface area contributed by atoms with E-state index in [9.17, 15) is 4.91 Å². The second kappa shape index (κ2) is 12.5. The molecule has 5 nitrogen and oxygen atoms in total. The second-order valence-corrected chi connectivity index (χ2v) is 2.69. The summed E-state index contributed by atoms with van der Waals surface area (Å²) in [5, 5.41) is 2.67. The molecule has 0 saturated heterocycles. The van der Waals surface area contributed by atoms with Crippen LogP contribution in [0.5, 0.6) is 0 Å². The molecule has 0 aromatic rings. The van der Waals surface area contributed by atoms with Gasteiger partial charge in [0.25, 0.3) is 0 Å². The highest BCUT2D eigenvalue weighted by Gasteiger charge is 1.90. The van der Waals surface area contributed by atoms with Gasteiger partial charge in [0.1, 0.15) is 6.54 Å². The minimum atomic E-state index is 0.208. The maximum absolute atomic E-state index is 9.66. The minimum absolute atomic E-state index is 0.208. The van der Waals surface area contributed by atoms with E-state index in [4.69, 9.17) is 14.2 Å². The third-order valence-corrected chi connectivity index (χ3v) is 1.42. The van der Waals surface area contributed by atoms with Gasteiger partial charge in [-0.2, -0.15) is 4.91 Å².